The fraction of sp³-hybridized carbons (Fsp3) is 0.500. The minimum Gasteiger partial charge on any atom is -0.356 e. The topological polar surface area (TPSA) is 29.0 Å². The Morgan fingerprint density at radius 2 is 2.55 bits per heavy atom. The molecule has 0 bridgehead atoms. The molecule has 0 unspecified atom stereocenters. The van der Waals surface area contributed by atoms with Crippen LogP contribution in [0.15, 0.2) is 12.5 Å². The average molecular weight is 149 g/mol. The summed E-state index contributed by atoms with van der Waals surface area (Å²) < 4.78 is 0. The molecule has 2 rings (SSSR count). The lowest BCUT2D eigenvalue weighted by atomic mass is 10.3. The molecule has 1 aromatic rings. The first-order valence-corrected chi connectivity index (χ1v) is 3.95. The highest BCUT2D eigenvalue weighted by Crippen LogP contribution is 2.22. The Bertz CT molecular complexity index is 259. The molecule has 0 radical (unpaired) electrons. The largest absolute Gasteiger partial charge is 0.356 e. The summed E-state index contributed by atoms with van der Waals surface area (Å²) >= 11 is 0. The van der Waals surface area contributed by atoms with Gasteiger partial charge in [-0.3, -0.25) is 0 Å². The maximum absolute atomic E-state index is 4.23. The second kappa shape index (κ2) is 2.49. The molecule has 1 aliphatic heterocycles. The maximum atomic E-state index is 4.23. The number of likely N-dealkylation sites (N-methyl/N-ethyl adjacent to an activating group) is 1. The number of anilines is 1. The van der Waals surface area contributed by atoms with Gasteiger partial charge in [-0.1, -0.05) is 0 Å². The average Bonchev–Trinajstić information content (AvgIpc) is 2.47. The molecule has 3 heteroatoms. The van der Waals surface area contributed by atoms with Crippen LogP contribution in [0.4, 0.5) is 5.82 Å². The fourth-order valence-corrected chi connectivity index (χ4v) is 1.48. The van der Waals surface area contributed by atoms with Crippen molar-refractivity contribution >= 4 is 5.82 Å². The summed E-state index contributed by atoms with van der Waals surface area (Å²) in [7, 11) is 0. The molecule has 0 aliphatic carbocycles. The normalized spacial score (nSPS) is 15.2. The van der Waals surface area contributed by atoms with Gasteiger partial charge in [-0.2, -0.15) is 0 Å². The number of fused-ring (bicyclic) bond motifs is 1. The van der Waals surface area contributed by atoms with Gasteiger partial charge in [0, 0.05) is 24.8 Å². The summed E-state index contributed by atoms with van der Waals surface area (Å²) in [6, 6.07) is 0. The van der Waals surface area contributed by atoms with E-state index in [1.165, 1.54) is 5.56 Å². The minimum atomic E-state index is 1.05. The quantitative estimate of drug-likeness (QED) is 0.593. The molecule has 0 amide bonds. The summed E-state index contributed by atoms with van der Waals surface area (Å²) in [4.78, 5) is 10.5. The van der Waals surface area contributed by atoms with E-state index in [1.54, 1.807) is 6.33 Å². The van der Waals surface area contributed by atoms with Crippen LogP contribution in [0.1, 0.15) is 12.5 Å². The lowest BCUT2D eigenvalue weighted by molar-refractivity contribution is 0.857. The van der Waals surface area contributed by atoms with Gasteiger partial charge in [-0.25, -0.2) is 9.97 Å². The highest BCUT2D eigenvalue weighted by Gasteiger charge is 2.17. The molecule has 11 heavy (non-hydrogen) atoms. The van der Waals surface area contributed by atoms with E-state index in [-0.39, 0.29) is 0 Å². The lowest BCUT2D eigenvalue weighted by Crippen LogP contribution is -2.19. The van der Waals surface area contributed by atoms with Crippen molar-refractivity contribution in [1.82, 2.24) is 9.97 Å². The number of aromatic nitrogens is 2. The molecule has 0 aromatic carbocycles. The molecule has 0 spiro atoms. The van der Waals surface area contributed by atoms with E-state index in [9.17, 15) is 0 Å². The second-order valence-corrected chi connectivity index (χ2v) is 2.70. The van der Waals surface area contributed by atoms with Gasteiger partial charge in [-0.15, -0.1) is 0 Å². The zero-order valence-electron chi connectivity index (χ0n) is 6.62. The molecular formula is C8H11N3. The minimum absolute atomic E-state index is 1.05. The number of nitrogens with zero attached hydrogens (tertiary/aromatic N) is 3. The Balaban J connectivity index is 2.39. The van der Waals surface area contributed by atoms with Crippen LogP contribution >= 0.6 is 0 Å². The molecule has 2 heterocycles. The molecule has 58 valence electrons. The van der Waals surface area contributed by atoms with Gasteiger partial charge in [-0.05, 0) is 13.3 Å². The Kier molecular flexibility index (Phi) is 1.49. The third-order valence-corrected chi connectivity index (χ3v) is 2.10. The van der Waals surface area contributed by atoms with Crippen molar-refractivity contribution in [3.8, 4) is 0 Å². The van der Waals surface area contributed by atoms with E-state index < -0.39 is 0 Å². The predicted molar refractivity (Wildman–Crippen MR) is 43.6 cm³/mol. The number of hydrogen-bond acceptors (Lipinski definition) is 3. The summed E-state index contributed by atoms with van der Waals surface area (Å²) in [5.41, 5.74) is 1.29. The predicted octanol–water partition coefficient (Wildman–Crippen LogP) is 0.859. The van der Waals surface area contributed by atoms with Gasteiger partial charge in [0.25, 0.3) is 0 Å². The van der Waals surface area contributed by atoms with Crippen molar-refractivity contribution in [2.24, 2.45) is 0 Å². The highest BCUT2D eigenvalue weighted by molar-refractivity contribution is 5.50. The second-order valence-electron chi connectivity index (χ2n) is 2.70. The number of rotatable bonds is 1. The Hall–Kier alpha value is -1.12. The first-order chi connectivity index (χ1) is 5.42. The van der Waals surface area contributed by atoms with Gasteiger partial charge in [0.1, 0.15) is 12.1 Å². The summed E-state index contributed by atoms with van der Waals surface area (Å²) in [6.07, 6.45) is 4.63. The van der Waals surface area contributed by atoms with Crippen LogP contribution in [0, 0.1) is 0 Å². The van der Waals surface area contributed by atoms with Crippen LogP contribution in [0.25, 0.3) is 0 Å². The maximum Gasteiger partial charge on any atom is 0.135 e. The van der Waals surface area contributed by atoms with Gasteiger partial charge in [0.05, 0.1) is 0 Å². The molecule has 1 aliphatic rings. The molecule has 0 N–H and O–H groups in total. The van der Waals surface area contributed by atoms with Crippen LogP contribution < -0.4 is 4.90 Å². The SMILES string of the molecule is CCN1CCc2cncnc21. The molecule has 0 saturated heterocycles. The third kappa shape index (κ3) is 0.964. The Morgan fingerprint density at radius 1 is 1.64 bits per heavy atom. The molecule has 0 saturated carbocycles. The van der Waals surface area contributed by atoms with Crippen LogP contribution in [-0.2, 0) is 6.42 Å². The third-order valence-electron chi connectivity index (χ3n) is 2.10. The van der Waals surface area contributed by atoms with Crippen molar-refractivity contribution in [2.75, 3.05) is 18.0 Å². The zero-order chi connectivity index (χ0) is 7.68. The van der Waals surface area contributed by atoms with E-state index >= 15 is 0 Å². The zero-order valence-corrected chi connectivity index (χ0v) is 6.62. The molecule has 0 fully saturated rings. The van der Waals surface area contributed by atoms with Crippen molar-refractivity contribution in [3.63, 3.8) is 0 Å². The van der Waals surface area contributed by atoms with Crippen molar-refractivity contribution in [2.45, 2.75) is 13.3 Å². The van der Waals surface area contributed by atoms with Gasteiger partial charge in [0.2, 0.25) is 0 Å². The standard InChI is InChI=1S/C8H11N3/c1-2-11-4-3-7-5-9-6-10-8(7)11/h5-6H,2-4H2,1H3. The fourth-order valence-electron chi connectivity index (χ4n) is 1.48. The van der Waals surface area contributed by atoms with Crippen molar-refractivity contribution in [3.05, 3.63) is 18.1 Å². The lowest BCUT2D eigenvalue weighted by Gasteiger charge is -2.13. The number of hydrogen-bond donors (Lipinski definition) is 0. The Labute approximate surface area is 66.1 Å². The smallest absolute Gasteiger partial charge is 0.135 e. The van der Waals surface area contributed by atoms with E-state index in [4.69, 9.17) is 0 Å². The first kappa shape index (κ1) is 6.58. The molecule has 1 aromatic heterocycles. The summed E-state index contributed by atoms with van der Waals surface area (Å²) in [5.74, 6) is 1.13. The molecular weight excluding hydrogens is 138 g/mol. The van der Waals surface area contributed by atoms with E-state index in [2.05, 4.69) is 21.8 Å². The van der Waals surface area contributed by atoms with Crippen molar-refractivity contribution in [1.29, 1.82) is 0 Å². The molecule has 3 nitrogen and oxygen atoms in total. The Morgan fingerprint density at radius 3 is 3.36 bits per heavy atom. The molecule has 0 atom stereocenters. The van der Waals surface area contributed by atoms with Gasteiger partial charge in [0.15, 0.2) is 0 Å². The van der Waals surface area contributed by atoms with Crippen molar-refractivity contribution < 1.29 is 0 Å². The monoisotopic (exact) mass is 149 g/mol. The first-order valence-electron chi connectivity index (χ1n) is 3.95. The summed E-state index contributed by atoms with van der Waals surface area (Å²) in [6.45, 7) is 4.30. The van der Waals surface area contributed by atoms with E-state index in [0.717, 1.165) is 25.3 Å². The van der Waals surface area contributed by atoms with Gasteiger partial charge >= 0.3 is 0 Å². The van der Waals surface area contributed by atoms with Crippen LogP contribution in [0.3, 0.4) is 0 Å². The van der Waals surface area contributed by atoms with Gasteiger partial charge < -0.3 is 4.90 Å². The van der Waals surface area contributed by atoms with Crippen LogP contribution in [-0.4, -0.2) is 23.1 Å². The summed E-state index contributed by atoms with van der Waals surface area (Å²) in [5, 5.41) is 0. The highest BCUT2D eigenvalue weighted by atomic mass is 15.2. The van der Waals surface area contributed by atoms with E-state index in [0.29, 0.717) is 0 Å². The van der Waals surface area contributed by atoms with Crippen LogP contribution in [0.5, 0.6) is 0 Å². The van der Waals surface area contributed by atoms with Crippen LogP contribution in [0.2, 0.25) is 0 Å². The van der Waals surface area contributed by atoms with E-state index in [1.807, 2.05) is 6.20 Å².